The number of pyridine rings is 1. The number of anilines is 1. The smallest absolute Gasteiger partial charge is 0.410 e. The van der Waals surface area contributed by atoms with Gasteiger partial charge in [-0.3, -0.25) is 14.8 Å². The number of rotatable bonds is 10. The van der Waals surface area contributed by atoms with Crippen molar-refractivity contribution < 1.29 is 31.8 Å². The first-order valence-electron chi connectivity index (χ1n) is 22.3. The Morgan fingerprint density at radius 1 is 0.891 bits per heavy atom. The van der Waals surface area contributed by atoms with E-state index in [1.807, 2.05) is 56.0 Å². The molecule has 0 N–H and O–H groups in total. The van der Waals surface area contributed by atoms with Gasteiger partial charge in [0.25, 0.3) is 10.0 Å². The summed E-state index contributed by atoms with van der Waals surface area (Å²) in [4.78, 5) is 38.7. The monoisotopic (exact) mass is 887 g/mol. The number of ether oxygens (including phenoxy) is 3. The van der Waals surface area contributed by atoms with Crippen molar-refractivity contribution in [1.82, 2.24) is 38.9 Å². The van der Waals surface area contributed by atoms with Crippen LogP contribution in [0.15, 0.2) is 78.1 Å². The highest BCUT2D eigenvalue weighted by molar-refractivity contribution is 7.89. The third kappa shape index (κ3) is 7.35. The second kappa shape index (κ2) is 15.4. The first kappa shape index (κ1) is 40.8. The first-order chi connectivity index (χ1) is 30.8. The molecule has 1 saturated carbocycles. The second-order valence-electron chi connectivity index (χ2n) is 18.9. The molecule has 3 aromatic heterocycles. The summed E-state index contributed by atoms with van der Waals surface area (Å²) in [6.07, 6.45) is 10.4. The molecule has 15 nitrogen and oxygen atoms in total. The van der Waals surface area contributed by atoms with Gasteiger partial charge in [0.15, 0.2) is 11.6 Å². The number of nitrogens with zero attached hydrogens (tertiary/aromatic N) is 9. The molecular formula is C47H50FN9O6S. The Morgan fingerprint density at radius 2 is 1.62 bits per heavy atom. The number of hydrogen-bond donors (Lipinski definition) is 0. The number of benzene rings is 3. The Kier molecular flexibility index (Phi) is 9.79. The van der Waals surface area contributed by atoms with Gasteiger partial charge in [0.05, 0.1) is 27.9 Å². The predicted molar refractivity (Wildman–Crippen MR) is 237 cm³/mol. The van der Waals surface area contributed by atoms with Gasteiger partial charge in [0.1, 0.15) is 47.1 Å². The number of fused-ring (bicyclic) bond motifs is 5. The molecule has 3 aromatic carbocycles. The minimum absolute atomic E-state index is 0.0412. The second-order valence-corrected chi connectivity index (χ2v) is 20.7. The molecule has 6 aromatic rings. The SMILES string of the molecule is CC(C)(C)OC(=O)N1C2CCC1CN(c1nc(OCC34CCCN3CCC4)nc3c(F)c(-c4cc(Oc5ccc(S(=O)(=O)n6cnc(C7CC7)n6)cc5)cc5ccccc45)ncc13)C2. The van der Waals surface area contributed by atoms with Gasteiger partial charge < -0.3 is 19.1 Å². The van der Waals surface area contributed by atoms with E-state index < -0.39 is 21.4 Å². The average molecular weight is 888 g/mol. The van der Waals surface area contributed by atoms with E-state index in [9.17, 15) is 13.2 Å². The van der Waals surface area contributed by atoms with Crippen molar-refractivity contribution in [2.24, 2.45) is 0 Å². The molecule has 17 heteroatoms. The third-order valence-corrected chi connectivity index (χ3v) is 15.0. The highest BCUT2D eigenvalue weighted by Crippen LogP contribution is 2.43. The zero-order valence-electron chi connectivity index (χ0n) is 36.1. The number of piperazine rings is 1. The maximum absolute atomic E-state index is 17.5. The van der Waals surface area contributed by atoms with Crippen LogP contribution in [0.25, 0.3) is 32.9 Å². The van der Waals surface area contributed by atoms with E-state index in [1.54, 1.807) is 24.4 Å². The molecule has 64 heavy (non-hydrogen) atoms. The molecule has 5 aliphatic rings. The fraction of sp³-hybridized carbons (Fsp3) is 0.447. The minimum atomic E-state index is -3.96. The van der Waals surface area contributed by atoms with Crippen molar-refractivity contribution in [1.29, 1.82) is 0 Å². The van der Waals surface area contributed by atoms with E-state index in [-0.39, 0.29) is 51.8 Å². The predicted octanol–water partition coefficient (Wildman–Crippen LogP) is 8.08. The largest absolute Gasteiger partial charge is 0.461 e. The lowest BCUT2D eigenvalue weighted by Crippen LogP contribution is -2.57. The first-order valence-corrected chi connectivity index (χ1v) is 23.7. The molecular weight excluding hydrogens is 838 g/mol. The Balaban J connectivity index is 0.939. The van der Waals surface area contributed by atoms with Gasteiger partial charge in [0, 0.05) is 30.8 Å². The van der Waals surface area contributed by atoms with Crippen LogP contribution < -0.4 is 14.4 Å². The maximum atomic E-state index is 17.5. The topological polar surface area (TPSA) is 158 Å². The fourth-order valence-corrected chi connectivity index (χ4v) is 11.3. The van der Waals surface area contributed by atoms with Gasteiger partial charge in [-0.2, -0.15) is 18.4 Å². The fourth-order valence-electron chi connectivity index (χ4n) is 10.2. The van der Waals surface area contributed by atoms with Gasteiger partial charge in [-0.1, -0.05) is 24.3 Å². The standard InChI is InChI=1S/C47H50FN9O6S/c1-46(2,3)63-45(58)57-31-12-13-32(57)26-54(25-31)43-38-24-49-40(39(48)41(38)51-44(52-43)61-27-47-18-6-20-55(47)21-7-19-47)37-23-34(22-30-8-4-5-9-36(30)37)62-33-14-16-35(17-15-33)64(59,60)56-28-50-42(53-56)29-10-11-29/h4-5,8-9,14-17,22-24,28-29,31-32H,6-7,10-13,18-21,25-27H2,1-3H3. The molecule has 2 unspecified atom stereocenters. The van der Waals surface area contributed by atoms with Crippen molar-refractivity contribution in [3.05, 3.63) is 84.8 Å². The van der Waals surface area contributed by atoms with E-state index >= 15 is 4.39 Å². The lowest BCUT2D eigenvalue weighted by atomic mass is 9.95. The number of amides is 1. The van der Waals surface area contributed by atoms with Crippen LogP contribution in [0.3, 0.4) is 0 Å². The van der Waals surface area contributed by atoms with Gasteiger partial charge in [-0.25, -0.2) is 14.2 Å². The van der Waals surface area contributed by atoms with Crippen LogP contribution in [0.1, 0.15) is 83.9 Å². The van der Waals surface area contributed by atoms with Crippen molar-refractivity contribution in [3.8, 4) is 28.8 Å². The van der Waals surface area contributed by atoms with E-state index in [2.05, 4.69) is 19.9 Å². The highest BCUT2D eigenvalue weighted by Gasteiger charge is 2.47. The summed E-state index contributed by atoms with van der Waals surface area (Å²) in [6.45, 7) is 9.08. The molecule has 11 rings (SSSR count). The van der Waals surface area contributed by atoms with Crippen LogP contribution in [0, 0.1) is 5.82 Å². The lowest BCUT2D eigenvalue weighted by molar-refractivity contribution is 0.0122. The van der Waals surface area contributed by atoms with Crippen molar-refractivity contribution in [2.75, 3.05) is 37.7 Å². The Bertz CT molecular complexity index is 2890. The molecule has 4 aliphatic heterocycles. The van der Waals surface area contributed by atoms with Crippen LogP contribution in [-0.2, 0) is 14.8 Å². The number of hydrogen-bond acceptors (Lipinski definition) is 13. The average Bonchev–Trinajstić information content (AvgIpc) is 3.53. The quantitative estimate of drug-likeness (QED) is 0.130. The molecule has 2 atom stereocenters. The normalized spacial score (nSPS) is 20.9. The molecule has 7 heterocycles. The summed E-state index contributed by atoms with van der Waals surface area (Å²) in [5, 5.41) is 6.20. The lowest BCUT2D eigenvalue weighted by Gasteiger charge is -2.42. The number of carbonyl (C=O) groups excluding carboxylic acids is 1. The number of aromatic nitrogens is 6. The van der Waals surface area contributed by atoms with E-state index in [0.717, 1.165) is 79.3 Å². The summed E-state index contributed by atoms with van der Waals surface area (Å²) in [6, 6.07) is 17.2. The summed E-state index contributed by atoms with van der Waals surface area (Å²) >= 11 is 0. The molecule has 0 radical (unpaired) electrons. The van der Waals surface area contributed by atoms with E-state index in [4.69, 9.17) is 29.2 Å². The van der Waals surface area contributed by atoms with E-state index in [1.165, 1.54) is 18.5 Å². The van der Waals surface area contributed by atoms with Crippen molar-refractivity contribution >= 4 is 43.6 Å². The van der Waals surface area contributed by atoms with Crippen LogP contribution in [0.2, 0.25) is 0 Å². The third-order valence-electron chi connectivity index (χ3n) is 13.4. The zero-order valence-corrected chi connectivity index (χ0v) is 36.9. The summed E-state index contributed by atoms with van der Waals surface area (Å²) in [5.74, 6) is 1.43. The van der Waals surface area contributed by atoms with E-state index in [0.29, 0.717) is 53.8 Å². The Morgan fingerprint density at radius 3 is 2.34 bits per heavy atom. The highest BCUT2D eigenvalue weighted by atomic mass is 32.2. The maximum Gasteiger partial charge on any atom is 0.410 e. The van der Waals surface area contributed by atoms with Gasteiger partial charge in [-0.15, -0.1) is 9.19 Å². The Labute approximate surface area is 370 Å². The Hall–Kier alpha value is -5.94. The zero-order chi connectivity index (χ0) is 44.0. The molecule has 332 valence electrons. The van der Waals surface area contributed by atoms with Gasteiger partial charge >= 0.3 is 12.1 Å². The summed E-state index contributed by atoms with van der Waals surface area (Å²) in [7, 11) is -3.96. The van der Waals surface area contributed by atoms with Crippen LogP contribution >= 0.6 is 0 Å². The van der Waals surface area contributed by atoms with Gasteiger partial charge in [-0.05, 0) is 132 Å². The minimum Gasteiger partial charge on any atom is -0.461 e. The summed E-state index contributed by atoms with van der Waals surface area (Å²) < 4.78 is 63.8. The summed E-state index contributed by atoms with van der Waals surface area (Å²) in [5.41, 5.74) is -0.0466. The molecule has 0 spiro atoms. The van der Waals surface area contributed by atoms with Crippen molar-refractivity contribution in [3.63, 3.8) is 0 Å². The molecule has 4 saturated heterocycles. The van der Waals surface area contributed by atoms with Crippen LogP contribution in [0.4, 0.5) is 15.0 Å². The van der Waals surface area contributed by atoms with Crippen LogP contribution in [-0.4, -0.2) is 109 Å². The van der Waals surface area contributed by atoms with Crippen LogP contribution in [0.5, 0.6) is 17.5 Å². The molecule has 1 aliphatic carbocycles. The number of carbonyl (C=O) groups is 1. The van der Waals surface area contributed by atoms with Crippen molar-refractivity contribution in [2.45, 2.75) is 106 Å². The molecule has 5 fully saturated rings. The number of halogens is 1. The molecule has 2 bridgehead atoms. The van der Waals surface area contributed by atoms with Gasteiger partial charge in [0.2, 0.25) is 0 Å². The molecule has 1 amide bonds.